The minimum absolute atomic E-state index is 0.541. The average molecular weight is 430 g/mol. The molecular weight excluding hydrogens is 394 g/mol. The van der Waals surface area contributed by atoms with Crippen molar-refractivity contribution in [1.29, 1.82) is 0 Å². The highest BCUT2D eigenvalue weighted by Gasteiger charge is 2.18. The Labute approximate surface area is 191 Å². The maximum atomic E-state index is 4.79. The third kappa shape index (κ3) is 4.68. The van der Waals surface area contributed by atoms with Gasteiger partial charge in [-0.3, -0.25) is 4.90 Å². The number of benzene rings is 1. The first-order chi connectivity index (χ1) is 15.7. The number of piperidine rings is 1. The van der Waals surface area contributed by atoms with Crippen molar-refractivity contribution < 1.29 is 0 Å². The molecule has 2 aliphatic rings. The number of hydrogen-bond acceptors (Lipinski definition) is 4. The Kier molecular flexibility index (Phi) is 6.17. The highest BCUT2D eigenvalue weighted by atomic mass is 15.2. The lowest BCUT2D eigenvalue weighted by Crippen LogP contribution is -2.36. The summed E-state index contributed by atoms with van der Waals surface area (Å²) < 4.78 is 2.14. The largest absolute Gasteiger partial charge is 0.383 e. The highest BCUT2D eigenvalue weighted by Crippen LogP contribution is 2.22. The fourth-order valence-electron chi connectivity index (χ4n) is 5.07. The van der Waals surface area contributed by atoms with Crippen LogP contribution in [0.3, 0.4) is 0 Å². The minimum atomic E-state index is 0.541. The van der Waals surface area contributed by atoms with Gasteiger partial charge in [0.2, 0.25) is 0 Å². The number of rotatable bonds is 7. The van der Waals surface area contributed by atoms with Crippen molar-refractivity contribution in [3.05, 3.63) is 72.2 Å². The molecule has 0 spiro atoms. The van der Waals surface area contributed by atoms with Gasteiger partial charge in [0.05, 0.1) is 11.4 Å². The summed E-state index contributed by atoms with van der Waals surface area (Å²) in [4.78, 5) is 9.85. The summed E-state index contributed by atoms with van der Waals surface area (Å²) in [5.41, 5.74) is 7.10. The van der Waals surface area contributed by atoms with Gasteiger partial charge in [-0.1, -0.05) is 37.8 Å². The molecule has 1 saturated heterocycles. The molecule has 0 saturated carbocycles. The van der Waals surface area contributed by atoms with Crippen LogP contribution in [-0.4, -0.2) is 47.0 Å². The molecule has 0 amide bonds. The first-order valence-electron chi connectivity index (χ1n) is 12.1. The van der Waals surface area contributed by atoms with E-state index < -0.39 is 0 Å². The molecule has 1 atom stereocenters. The maximum Gasteiger partial charge on any atom is 0.137 e. The van der Waals surface area contributed by atoms with E-state index in [2.05, 4.69) is 81.8 Å². The van der Waals surface area contributed by atoms with E-state index in [-0.39, 0.29) is 0 Å². The molecule has 3 aromatic rings. The molecule has 168 valence electrons. The Morgan fingerprint density at radius 2 is 1.84 bits per heavy atom. The van der Waals surface area contributed by atoms with Gasteiger partial charge in [-0.05, 0) is 54.9 Å². The Hall–Kier alpha value is -2.79. The average Bonchev–Trinajstić information content (AvgIpc) is 3.27. The normalized spacial score (nSPS) is 17.8. The van der Waals surface area contributed by atoms with Crippen molar-refractivity contribution in [3.8, 4) is 0 Å². The molecule has 5 nitrogen and oxygen atoms in total. The molecular formula is C27H35N5. The third-order valence-electron chi connectivity index (χ3n) is 6.91. The van der Waals surface area contributed by atoms with Crippen LogP contribution in [0, 0.1) is 5.92 Å². The molecule has 0 bridgehead atoms. The fraction of sp³-hybridized carbons (Fsp3) is 0.444. The van der Waals surface area contributed by atoms with Crippen molar-refractivity contribution >= 4 is 17.0 Å². The van der Waals surface area contributed by atoms with Crippen LogP contribution < -0.4 is 10.2 Å². The van der Waals surface area contributed by atoms with Crippen LogP contribution in [0.1, 0.15) is 43.0 Å². The highest BCUT2D eigenvalue weighted by molar-refractivity contribution is 5.62. The summed E-state index contributed by atoms with van der Waals surface area (Å²) in [6, 6.07) is 13.2. The standard InChI is InChI=1S/C27H35N5/c1-21(17-30-15-12-23-8-4-5-9-24(23)18-30)16-28-22(2)26-20-32-19-25(10-11-27(32)29-26)31-13-6-3-7-14-31/h4-5,8-11,19-21,28H,2-3,6-7,12-18H2,1H3. The van der Waals surface area contributed by atoms with Crippen molar-refractivity contribution in [1.82, 2.24) is 19.6 Å². The first kappa shape index (κ1) is 21.1. The molecule has 5 rings (SSSR count). The quantitative estimate of drug-likeness (QED) is 0.596. The number of pyridine rings is 1. The van der Waals surface area contributed by atoms with E-state index in [4.69, 9.17) is 4.98 Å². The number of imidazole rings is 1. The zero-order valence-corrected chi connectivity index (χ0v) is 19.3. The van der Waals surface area contributed by atoms with E-state index >= 15 is 0 Å². The van der Waals surface area contributed by atoms with Crippen molar-refractivity contribution in [2.45, 2.75) is 39.2 Å². The molecule has 1 aromatic carbocycles. The summed E-state index contributed by atoms with van der Waals surface area (Å²) in [6.07, 6.45) is 9.39. The Bertz CT molecular complexity index is 1080. The van der Waals surface area contributed by atoms with E-state index in [1.807, 2.05) is 0 Å². The van der Waals surface area contributed by atoms with Crippen molar-refractivity contribution in [2.24, 2.45) is 5.92 Å². The lowest BCUT2D eigenvalue weighted by Gasteiger charge is -2.31. The molecule has 4 heterocycles. The van der Waals surface area contributed by atoms with Gasteiger partial charge in [-0.25, -0.2) is 4.98 Å². The van der Waals surface area contributed by atoms with Gasteiger partial charge < -0.3 is 14.6 Å². The van der Waals surface area contributed by atoms with Crippen LogP contribution in [0.2, 0.25) is 0 Å². The van der Waals surface area contributed by atoms with E-state index in [1.54, 1.807) is 0 Å². The lowest BCUT2D eigenvalue weighted by atomic mass is 9.99. The molecule has 0 aliphatic carbocycles. The zero-order valence-electron chi connectivity index (χ0n) is 19.3. The summed E-state index contributed by atoms with van der Waals surface area (Å²) in [7, 11) is 0. The molecule has 1 fully saturated rings. The topological polar surface area (TPSA) is 35.8 Å². The molecule has 1 unspecified atom stereocenters. The predicted octanol–water partition coefficient (Wildman–Crippen LogP) is 4.58. The van der Waals surface area contributed by atoms with Gasteiger partial charge in [0.15, 0.2) is 0 Å². The molecule has 5 heteroatoms. The van der Waals surface area contributed by atoms with Gasteiger partial charge in [-0.15, -0.1) is 0 Å². The van der Waals surface area contributed by atoms with Gasteiger partial charge in [-0.2, -0.15) is 0 Å². The van der Waals surface area contributed by atoms with Gasteiger partial charge in [0.1, 0.15) is 11.3 Å². The smallest absolute Gasteiger partial charge is 0.137 e. The number of fused-ring (bicyclic) bond motifs is 2. The number of nitrogens with zero attached hydrogens (tertiary/aromatic N) is 4. The molecule has 0 radical (unpaired) electrons. The zero-order chi connectivity index (χ0) is 21.9. The maximum absolute atomic E-state index is 4.79. The summed E-state index contributed by atoms with van der Waals surface area (Å²) in [5.74, 6) is 0.541. The fourth-order valence-corrected chi connectivity index (χ4v) is 5.07. The van der Waals surface area contributed by atoms with Gasteiger partial charge in [0.25, 0.3) is 0 Å². The second-order valence-electron chi connectivity index (χ2n) is 9.55. The predicted molar refractivity (Wildman–Crippen MR) is 133 cm³/mol. The molecule has 1 N–H and O–H groups in total. The van der Waals surface area contributed by atoms with E-state index in [0.29, 0.717) is 5.92 Å². The first-order valence-corrected chi connectivity index (χ1v) is 12.1. The van der Waals surface area contributed by atoms with Crippen LogP contribution >= 0.6 is 0 Å². The number of nitrogens with one attached hydrogen (secondary N) is 1. The van der Waals surface area contributed by atoms with Gasteiger partial charge in [0, 0.05) is 51.7 Å². The number of hydrogen-bond donors (Lipinski definition) is 1. The second kappa shape index (κ2) is 9.37. The third-order valence-corrected chi connectivity index (χ3v) is 6.91. The summed E-state index contributed by atoms with van der Waals surface area (Å²) >= 11 is 0. The van der Waals surface area contributed by atoms with Crippen LogP contribution in [-0.2, 0) is 13.0 Å². The van der Waals surface area contributed by atoms with Crippen LogP contribution in [0.4, 0.5) is 5.69 Å². The molecule has 2 aliphatic heterocycles. The summed E-state index contributed by atoms with van der Waals surface area (Å²) in [5, 5.41) is 3.54. The van der Waals surface area contributed by atoms with Crippen molar-refractivity contribution in [3.63, 3.8) is 0 Å². The molecule has 2 aromatic heterocycles. The van der Waals surface area contributed by atoms with Crippen molar-refractivity contribution in [2.75, 3.05) is 37.6 Å². The van der Waals surface area contributed by atoms with Crippen LogP contribution in [0.25, 0.3) is 11.3 Å². The number of aromatic nitrogens is 2. The summed E-state index contributed by atoms with van der Waals surface area (Å²) in [6.45, 7) is 13.1. The Morgan fingerprint density at radius 3 is 2.69 bits per heavy atom. The Balaban J connectivity index is 1.16. The van der Waals surface area contributed by atoms with E-state index in [9.17, 15) is 0 Å². The van der Waals surface area contributed by atoms with E-state index in [0.717, 1.165) is 62.7 Å². The van der Waals surface area contributed by atoms with Gasteiger partial charge >= 0.3 is 0 Å². The van der Waals surface area contributed by atoms with Crippen LogP contribution in [0.15, 0.2) is 55.4 Å². The second-order valence-corrected chi connectivity index (χ2v) is 9.55. The van der Waals surface area contributed by atoms with Crippen LogP contribution in [0.5, 0.6) is 0 Å². The molecule has 32 heavy (non-hydrogen) atoms. The van der Waals surface area contributed by atoms with E-state index in [1.165, 1.54) is 36.1 Å². The monoisotopic (exact) mass is 429 g/mol. The Morgan fingerprint density at radius 1 is 1.03 bits per heavy atom. The lowest BCUT2D eigenvalue weighted by molar-refractivity contribution is 0.220. The minimum Gasteiger partial charge on any atom is -0.383 e. The number of anilines is 1. The SMILES string of the molecule is C=C(NCC(C)CN1CCc2ccccc2C1)c1cn2cc(N3CCCCC3)ccc2n1.